The molecule has 0 bridgehead atoms. The molecule has 1 amide bonds. The summed E-state index contributed by atoms with van der Waals surface area (Å²) in [7, 11) is -3.98. The fourth-order valence-corrected chi connectivity index (χ4v) is 8.39. The zero-order valence-electron chi connectivity index (χ0n) is 28.8. The van der Waals surface area contributed by atoms with E-state index in [1.54, 1.807) is 42.7 Å². The number of anilines is 1. The van der Waals surface area contributed by atoms with E-state index in [9.17, 15) is 23.4 Å². The second-order valence-electron chi connectivity index (χ2n) is 13.0. The molecule has 0 saturated carbocycles. The molecule has 5 N–H and O–H groups in total. The third-order valence-electron chi connectivity index (χ3n) is 9.60. The number of nitrogens with zero attached hydrogens (tertiary/aromatic N) is 2. The number of fused-ring (bicyclic) bond motifs is 2. The first kappa shape index (κ1) is 35.3. The number of nitrogens with one attached hydrogen (secondary N) is 3. The Morgan fingerprint density at radius 1 is 0.865 bits per heavy atom. The molecule has 11 nitrogen and oxygen atoms in total. The van der Waals surface area contributed by atoms with Gasteiger partial charge in [-0.1, -0.05) is 97.1 Å². The Morgan fingerprint density at radius 2 is 1.52 bits per heavy atom. The van der Waals surface area contributed by atoms with Gasteiger partial charge in [0, 0.05) is 30.4 Å². The van der Waals surface area contributed by atoms with E-state index in [-0.39, 0.29) is 10.8 Å². The molecule has 1 saturated heterocycles. The Kier molecular flexibility index (Phi) is 10.1. The molecule has 12 heteroatoms. The van der Waals surface area contributed by atoms with E-state index in [1.807, 2.05) is 66.7 Å². The van der Waals surface area contributed by atoms with Crippen LogP contribution in [0, 0.1) is 0 Å². The number of benzene rings is 5. The van der Waals surface area contributed by atoms with Gasteiger partial charge in [-0.15, -0.1) is 0 Å². The topological polar surface area (TPSA) is 155 Å². The normalized spacial score (nSPS) is 19.6. The highest BCUT2D eigenvalue weighted by molar-refractivity contribution is 7.89. The van der Waals surface area contributed by atoms with Gasteiger partial charge < -0.3 is 30.2 Å². The van der Waals surface area contributed by atoms with Crippen molar-refractivity contribution in [2.75, 3.05) is 18.4 Å². The Bertz CT molecular complexity index is 2260. The lowest BCUT2D eigenvalue weighted by atomic mass is 9.91. The maximum atomic E-state index is 13.9. The van der Waals surface area contributed by atoms with Crippen molar-refractivity contribution in [1.82, 2.24) is 19.6 Å². The van der Waals surface area contributed by atoms with Crippen LogP contribution in [0.15, 0.2) is 126 Å². The summed E-state index contributed by atoms with van der Waals surface area (Å²) in [6.07, 6.45) is -3.84. The van der Waals surface area contributed by atoms with Crippen molar-refractivity contribution in [2.24, 2.45) is 0 Å². The number of hydrogen-bond donors (Lipinski definition) is 5. The number of likely N-dealkylation sites (N-methyl/N-ethyl adjacent to an activating group) is 1. The standard InChI is InChI=1S/C40H41N5O6S/c1-3-41-39(48)38-36(46)37(47)40(51-38)45-24-43-35-32(42-23-31(27-13-6-4-7-14-27)28-15-8-5-9-16-28)21-29(22-33(35)45)25(2)44-52(49,50)34-20-12-18-26-17-10-11-19-30(26)34/h4-22,24-25,31,36-38,40,42,44,46-47H,3,23H2,1-2H3,(H,41,48)/t25?,36-,37+,38-,40+/m0/s1. The number of amides is 1. The predicted molar refractivity (Wildman–Crippen MR) is 200 cm³/mol. The van der Waals surface area contributed by atoms with Gasteiger partial charge in [-0.25, -0.2) is 18.1 Å². The zero-order valence-corrected chi connectivity index (χ0v) is 29.6. The number of carbonyl (C=O) groups excluding carboxylic acids is 1. The third-order valence-corrected chi connectivity index (χ3v) is 11.2. The lowest BCUT2D eigenvalue weighted by molar-refractivity contribution is -0.137. The minimum absolute atomic E-state index is 0.0292. The SMILES string of the molecule is CCNC(=O)[C@H]1O[C@@H](n2cnc3c(NCC(c4ccccc4)c4ccccc4)cc(C(C)NS(=O)(=O)c4cccc5ccccc45)cc32)[C@H](O)[C@@H]1O. The van der Waals surface area contributed by atoms with Crippen LogP contribution in [0.25, 0.3) is 21.8 Å². The van der Waals surface area contributed by atoms with E-state index >= 15 is 0 Å². The maximum Gasteiger partial charge on any atom is 0.252 e. The number of aliphatic hydroxyl groups excluding tert-OH is 2. The first-order chi connectivity index (χ1) is 25.2. The summed E-state index contributed by atoms with van der Waals surface area (Å²) in [6, 6.07) is 35.8. The van der Waals surface area contributed by atoms with Gasteiger partial charge in [0.25, 0.3) is 5.91 Å². The largest absolute Gasteiger partial charge is 0.387 e. The minimum atomic E-state index is -3.98. The number of hydrogen-bond acceptors (Lipinski definition) is 8. The van der Waals surface area contributed by atoms with Gasteiger partial charge in [0.15, 0.2) is 12.3 Å². The van der Waals surface area contributed by atoms with Crippen molar-refractivity contribution in [3.05, 3.63) is 138 Å². The van der Waals surface area contributed by atoms with Crippen molar-refractivity contribution < 1.29 is 28.2 Å². The van der Waals surface area contributed by atoms with Crippen molar-refractivity contribution >= 4 is 43.4 Å². The monoisotopic (exact) mass is 719 g/mol. The molecule has 1 unspecified atom stereocenters. The molecule has 2 heterocycles. The summed E-state index contributed by atoms with van der Waals surface area (Å²) >= 11 is 0. The van der Waals surface area contributed by atoms with Crippen molar-refractivity contribution in [3.63, 3.8) is 0 Å². The summed E-state index contributed by atoms with van der Waals surface area (Å²) in [5, 5.41) is 29.6. The quantitative estimate of drug-likeness (QED) is 0.115. The van der Waals surface area contributed by atoms with Crippen LogP contribution in [0.4, 0.5) is 5.69 Å². The van der Waals surface area contributed by atoms with Gasteiger partial charge in [0.1, 0.15) is 17.7 Å². The van der Waals surface area contributed by atoms with E-state index < -0.39 is 46.5 Å². The molecular weight excluding hydrogens is 679 g/mol. The van der Waals surface area contributed by atoms with Gasteiger partial charge >= 0.3 is 0 Å². The van der Waals surface area contributed by atoms with Gasteiger partial charge in [-0.3, -0.25) is 4.79 Å². The van der Waals surface area contributed by atoms with E-state index in [1.165, 1.54) is 6.33 Å². The number of carbonyl (C=O) groups is 1. The second-order valence-corrected chi connectivity index (χ2v) is 14.7. The molecule has 1 fully saturated rings. The highest BCUT2D eigenvalue weighted by Crippen LogP contribution is 2.36. The number of aliphatic hydroxyl groups is 2. The van der Waals surface area contributed by atoms with Crippen LogP contribution >= 0.6 is 0 Å². The van der Waals surface area contributed by atoms with Crippen molar-refractivity contribution in [2.45, 2.75) is 55.2 Å². The Hall–Kier alpha value is -5.11. The van der Waals surface area contributed by atoms with Crippen LogP contribution in [-0.2, 0) is 19.6 Å². The van der Waals surface area contributed by atoms with Crippen LogP contribution in [0.2, 0.25) is 0 Å². The molecule has 52 heavy (non-hydrogen) atoms. The van der Waals surface area contributed by atoms with Crippen LogP contribution in [0.3, 0.4) is 0 Å². The third kappa shape index (κ3) is 6.91. The molecule has 0 radical (unpaired) electrons. The number of rotatable bonds is 12. The first-order valence-corrected chi connectivity index (χ1v) is 18.8. The van der Waals surface area contributed by atoms with Gasteiger partial charge in [0.2, 0.25) is 10.0 Å². The van der Waals surface area contributed by atoms with Crippen LogP contribution in [-0.4, -0.2) is 65.5 Å². The summed E-state index contributed by atoms with van der Waals surface area (Å²) < 4.78 is 38.2. The highest BCUT2D eigenvalue weighted by Gasteiger charge is 2.47. The average molecular weight is 720 g/mol. The zero-order chi connectivity index (χ0) is 36.4. The second kappa shape index (κ2) is 14.9. The highest BCUT2D eigenvalue weighted by atomic mass is 32.2. The smallest absolute Gasteiger partial charge is 0.252 e. The van der Waals surface area contributed by atoms with Crippen molar-refractivity contribution in [1.29, 1.82) is 0 Å². The number of imidazole rings is 1. The fourth-order valence-electron chi connectivity index (χ4n) is 6.93. The number of aromatic nitrogens is 2. The van der Waals surface area contributed by atoms with Crippen LogP contribution < -0.4 is 15.4 Å². The van der Waals surface area contributed by atoms with Gasteiger partial charge in [0.05, 0.1) is 22.4 Å². The number of sulfonamides is 1. The van der Waals surface area contributed by atoms with Crippen LogP contribution in [0.1, 0.15) is 48.7 Å². The lowest BCUT2D eigenvalue weighted by Crippen LogP contribution is -2.42. The summed E-state index contributed by atoms with van der Waals surface area (Å²) in [6.45, 7) is 4.33. The number of ether oxygens (including phenoxy) is 1. The average Bonchev–Trinajstić information content (AvgIpc) is 3.72. The predicted octanol–water partition coefficient (Wildman–Crippen LogP) is 5.23. The summed E-state index contributed by atoms with van der Waals surface area (Å²) in [5.41, 5.74) is 4.53. The van der Waals surface area contributed by atoms with E-state index in [0.29, 0.717) is 40.8 Å². The van der Waals surface area contributed by atoms with E-state index in [0.717, 1.165) is 16.5 Å². The molecule has 0 aliphatic carbocycles. The minimum Gasteiger partial charge on any atom is -0.387 e. The van der Waals surface area contributed by atoms with Gasteiger partial charge in [-0.2, -0.15) is 0 Å². The summed E-state index contributed by atoms with van der Waals surface area (Å²) in [4.78, 5) is 17.6. The van der Waals surface area contributed by atoms with Gasteiger partial charge in [-0.05, 0) is 54.1 Å². The molecule has 0 spiro atoms. The molecular formula is C40H41N5O6S. The maximum absolute atomic E-state index is 13.9. The molecule has 1 aromatic heterocycles. The molecule has 5 atom stereocenters. The first-order valence-electron chi connectivity index (χ1n) is 17.3. The fraction of sp³-hybridized carbons (Fsp3) is 0.250. The van der Waals surface area contributed by atoms with Crippen molar-refractivity contribution in [3.8, 4) is 0 Å². The van der Waals surface area contributed by atoms with Crippen LogP contribution in [0.5, 0.6) is 0 Å². The Labute approximate surface area is 302 Å². The Morgan fingerprint density at radius 3 is 2.21 bits per heavy atom. The lowest BCUT2D eigenvalue weighted by Gasteiger charge is -2.22. The molecule has 5 aromatic carbocycles. The molecule has 7 rings (SSSR count). The summed E-state index contributed by atoms with van der Waals surface area (Å²) in [5.74, 6) is -0.563. The molecule has 1 aliphatic rings. The van der Waals surface area contributed by atoms with E-state index in [4.69, 9.17) is 9.72 Å². The Balaban J connectivity index is 1.28. The molecule has 6 aromatic rings. The van der Waals surface area contributed by atoms with E-state index in [2.05, 4.69) is 39.6 Å². The molecule has 1 aliphatic heterocycles. The molecule has 268 valence electrons.